The molecule has 32 heavy (non-hydrogen) atoms. The summed E-state index contributed by atoms with van der Waals surface area (Å²) in [6, 6.07) is 9.97. The molecule has 2 amide bonds. The molecule has 0 radical (unpaired) electrons. The molecule has 0 aliphatic rings. The highest BCUT2D eigenvalue weighted by molar-refractivity contribution is 7.99. The van der Waals surface area contributed by atoms with Crippen LogP contribution in [0, 0.1) is 0 Å². The number of halogens is 4. The van der Waals surface area contributed by atoms with Gasteiger partial charge in [0.25, 0.3) is 0 Å². The molecule has 3 aromatic rings. The van der Waals surface area contributed by atoms with Crippen molar-refractivity contribution in [2.75, 3.05) is 16.4 Å². The third-order valence-corrected chi connectivity index (χ3v) is 6.82. The Kier molecular flexibility index (Phi) is 8.67. The summed E-state index contributed by atoms with van der Waals surface area (Å²) in [6.45, 7) is 2.42. The van der Waals surface area contributed by atoms with Crippen LogP contribution in [0.4, 0.5) is 11.4 Å². The summed E-state index contributed by atoms with van der Waals surface area (Å²) < 4.78 is 1.77. The van der Waals surface area contributed by atoms with E-state index in [9.17, 15) is 9.59 Å². The van der Waals surface area contributed by atoms with Gasteiger partial charge in [-0.3, -0.25) is 9.59 Å². The second-order valence-corrected chi connectivity index (χ2v) is 8.92. The lowest BCUT2D eigenvalue weighted by Crippen LogP contribution is -2.18. The minimum atomic E-state index is -0.318. The summed E-state index contributed by atoms with van der Waals surface area (Å²) in [5.74, 6) is -0.0597. The third-order valence-electron chi connectivity index (χ3n) is 4.21. The van der Waals surface area contributed by atoms with Crippen LogP contribution in [0.1, 0.15) is 12.7 Å². The van der Waals surface area contributed by atoms with E-state index in [0.29, 0.717) is 38.9 Å². The van der Waals surface area contributed by atoms with Crippen molar-refractivity contribution in [1.82, 2.24) is 14.8 Å². The zero-order valence-electron chi connectivity index (χ0n) is 16.7. The van der Waals surface area contributed by atoms with Crippen molar-refractivity contribution < 1.29 is 9.59 Å². The highest BCUT2D eigenvalue weighted by Gasteiger charge is 2.17. The number of anilines is 2. The molecular formula is C20H17Cl4N5O2S. The van der Waals surface area contributed by atoms with Crippen molar-refractivity contribution >= 4 is 81.4 Å². The first-order chi connectivity index (χ1) is 15.3. The molecule has 0 saturated heterocycles. The van der Waals surface area contributed by atoms with E-state index < -0.39 is 0 Å². The molecule has 0 aliphatic heterocycles. The van der Waals surface area contributed by atoms with Gasteiger partial charge in [-0.05, 0) is 31.2 Å². The van der Waals surface area contributed by atoms with Crippen LogP contribution in [-0.2, 0) is 22.6 Å². The fourth-order valence-electron chi connectivity index (χ4n) is 2.73. The fraction of sp³-hybridized carbons (Fsp3) is 0.200. The van der Waals surface area contributed by atoms with E-state index >= 15 is 0 Å². The van der Waals surface area contributed by atoms with E-state index in [1.165, 1.54) is 11.8 Å². The molecule has 0 unspecified atom stereocenters. The fourth-order valence-corrected chi connectivity index (χ4v) is 4.25. The van der Waals surface area contributed by atoms with E-state index in [4.69, 9.17) is 46.4 Å². The maximum Gasteiger partial charge on any atom is 0.234 e. The molecule has 0 bridgehead atoms. The van der Waals surface area contributed by atoms with Gasteiger partial charge in [-0.2, -0.15) is 0 Å². The van der Waals surface area contributed by atoms with Crippen molar-refractivity contribution in [3.8, 4) is 0 Å². The Morgan fingerprint density at radius 1 is 0.906 bits per heavy atom. The smallest absolute Gasteiger partial charge is 0.234 e. The Labute approximate surface area is 208 Å². The van der Waals surface area contributed by atoms with Gasteiger partial charge in [-0.15, -0.1) is 10.2 Å². The number of hydrogen-bond donors (Lipinski definition) is 2. The predicted molar refractivity (Wildman–Crippen MR) is 130 cm³/mol. The maximum atomic E-state index is 12.5. The molecule has 3 rings (SSSR count). The van der Waals surface area contributed by atoms with Crippen molar-refractivity contribution in [2.24, 2.45) is 0 Å². The lowest BCUT2D eigenvalue weighted by molar-refractivity contribution is -0.116. The van der Waals surface area contributed by atoms with Crippen LogP contribution in [0.15, 0.2) is 41.6 Å². The van der Waals surface area contributed by atoms with Crippen molar-refractivity contribution in [1.29, 1.82) is 0 Å². The Balaban J connectivity index is 1.61. The van der Waals surface area contributed by atoms with E-state index in [1.807, 2.05) is 6.92 Å². The Morgan fingerprint density at radius 3 is 2.03 bits per heavy atom. The van der Waals surface area contributed by atoms with Gasteiger partial charge in [-0.25, -0.2) is 0 Å². The first-order valence-corrected chi connectivity index (χ1v) is 11.8. The predicted octanol–water partition coefficient (Wildman–Crippen LogP) is 5.82. The number of benzene rings is 2. The Bertz CT molecular complexity index is 1160. The topological polar surface area (TPSA) is 88.9 Å². The number of thioether (sulfide) groups is 1. The molecule has 0 saturated carbocycles. The molecule has 12 heteroatoms. The molecule has 0 aliphatic carbocycles. The maximum absolute atomic E-state index is 12.5. The van der Waals surface area contributed by atoms with Crippen LogP contribution in [-0.4, -0.2) is 32.3 Å². The second kappa shape index (κ2) is 11.2. The Morgan fingerprint density at radius 2 is 1.47 bits per heavy atom. The number of rotatable bonds is 8. The molecular weight excluding hydrogens is 516 g/mol. The van der Waals surface area contributed by atoms with Gasteiger partial charge in [0.2, 0.25) is 11.8 Å². The summed E-state index contributed by atoms with van der Waals surface area (Å²) in [6.07, 6.45) is -0.0193. The molecule has 2 N–H and O–H groups in total. The van der Waals surface area contributed by atoms with Gasteiger partial charge >= 0.3 is 0 Å². The first-order valence-electron chi connectivity index (χ1n) is 9.32. The number of hydrogen-bond acceptors (Lipinski definition) is 5. The summed E-state index contributed by atoms with van der Waals surface area (Å²) >= 11 is 25.3. The standard InChI is InChI=1S/C20H17Cl4N5O2S/c1-2-29-15(9-16(30)25-13-7-3-5-11(21)18(13)23)27-28-20(29)32-10-17(31)26-14-8-4-6-12(22)19(14)24/h3-8H,2,9-10H2,1H3,(H,25,30)(H,26,31). The molecule has 1 aromatic heterocycles. The van der Waals surface area contributed by atoms with Crippen LogP contribution in [0.5, 0.6) is 0 Å². The SMILES string of the molecule is CCn1c(CC(=O)Nc2cccc(Cl)c2Cl)nnc1SCC(=O)Nc1cccc(Cl)c1Cl. The number of nitrogens with one attached hydrogen (secondary N) is 2. The molecule has 168 valence electrons. The van der Waals surface area contributed by atoms with Crippen LogP contribution >= 0.6 is 58.2 Å². The third kappa shape index (κ3) is 6.08. The number of carbonyl (C=O) groups is 2. The number of aromatic nitrogens is 3. The van der Waals surface area contributed by atoms with Crippen LogP contribution in [0.3, 0.4) is 0 Å². The van der Waals surface area contributed by atoms with E-state index in [-0.39, 0.29) is 34.0 Å². The monoisotopic (exact) mass is 531 g/mol. The normalized spacial score (nSPS) is 10.8. The number of amides is 2. The molecule has 2 aromatic carbocycles. The Hall–Kier alpha value is -1.97. The van der Waals surface area contributed by atoms with Crippen LogP contribution in [0.25, 0.3) is 0 Å². The summed E-state index contributed by atoms with van der Waals surface area (Å²) in [4.78, 5) is 24.8. The van der Waals surface area contributed by atoms with Gasteiger partial charge in [0.15, 0.2) is 5.16 Å². The van der Waals surface area contributed by atoms with Gasteiger partial charge in [0.05, 0.1) is 43.6 Å². The average molecular weight is 533 g/mol. The molecule has 1 heterocycles. The molecule has 0 atom stereocenters. The van der Waals surface area contributed by atoms with E-state index in [2.05, 4.69) is 20.8 Å². The summed E-state index contributed by atoms with van der Waals surface area (Å²) in [5.41, 5.74) is 0.844. The molecule has 7 nitrogen and oxygen atoms in total. The zero-order valence-corrected chi connectivity index (χ0v) is 20.5. The number of nitrogens with zero attached hydrogens (tertiary/aromatic N) is 3. The first kappa shape index (κ1) is 24.7. The van der Waals surface area contributed by atoms with Crippen LogP contribution in [0.2, 0.25) is 20.1 Å². The summed E-state index contributed by atoms with van der Waals surface area (Å²) in [5, 5.41) is 15.4. The minimum Gasteiger partial charge on any atom is -0.324 e. The van der Waals surface area contributed by atoms with E-state index in [0.717, 1.165) is 0 Å². The van der Waals surface area contributed by atoms with Crippen LogP contribution < -0.4 is 10.6 Å². The number of carbonyl (C=O) groups excluding carboxylic acids is 2. The molecule has 0 fully saturated rings. The van der Waals surface area contributed by atoms with Gasteiger partial charge in [-0.1, -0.05) is 70.3 Å². The van der Waals surface area contributed by atoms with E-state index in [1.54, 1.807) is 41.0 Å². The lowest BCUT2D eigenvalue weighted by atomic mass is 10.3. The molecule has 0 spiro atoms. The quantitative estimate of drug-likeness (QED) is 0.356. The summed E-state index contributed by atoms with van der Waals surface area (Å²) in [7, 11) is 0. The van der Waals surface area contributed by atoms with Crippen molar-refractivity contribution in [3.63, 3.8) is 0 Å². The van der Waals surface area contributed by atoms with Crippen molar-refractivity contribution in [2.45, 2.75) is 25.0 Å². The zero-order chi connectivity index (χ0) is 23.3. The van der Waals surface area contributed by atoms with Crippen molar-refractivity contribution in [3.05, 3.63) is 62.3 Å². The minimum absolute atomic E-state index is 0.0193. The largest absolute Gasteiger partial charge is 0.324 e. The average Bonchev–Trinajstić information content (AvgIpc) is 3.14. The van der Waals surface area contributed by atoms with Gasteiger partial charge in [0.1, 0.15) is 5.82 Å². The lowest BCUT2D eigenvalue weighted by Gasteiger charge is -2.10. The second-order valence-electron chi connectivity index (χ2n) is 6.41. The highest BCUT2D eigenvalue weighted by Crippen LogP contribution is 2.30. The van der Waals surface area contributed by atoms with Gasteiger partial charge in [0, 0.05) is 6.54 Å². The highest BCUT2D eigenvalue weighted by atomic mass is 35.5. The van der Waals surface area contributed by atoms with Gasteiger partial charge < -0.3 is 15.2 Å².